The molecule has 6 nitrogen and oxygen atoms in total. The molecule has 0 bridgehead atoms. The Labute approximate surface area is 168 Å². The van der Waals surface area contributed by atoms with Crippen molar-refractivity contribution in [2.45, 2.75) is 96.7 Å². The van der Waals surface area contributed by atoms with Crippen molar-refractivity contribution in [2.75, 3.05) is 0 Å². The van der Waals surface area contributed by atoms with Gasteiger partial charge in [-0.25, -0.2) is 0 Å². The molecule has 0 aromatic rings. The van der Waals surface area contributed by atoms with E-state index in [2.05, 4.69) is 6.92 Å². The van der Waals surface area contributed by atoms with Crippen molar-refractivity contribution in [3.05, 3.63) is 12.2 Å². The first-order chi connectivity index (χ1) is 13.3. The maximum atomic E-state index is 12.5. The maximum Gasteiger partial charge on any atom is 0.303 e. The second kappa shape index (κ2) is 13.5. The lowest BCUT2D eigenvalue weighted by molar-refractivity contribution is -0.147. The molecule has 0 aromatic heterocycles. The van der Waals surface area contributed by atoms with E-state index in [0.29, 0.717) is 19.3 Å². The Balaban J connectivity index is 2.60. The number of carboxylic acids is 1. The fourth-order valence-corrected chi connectivity index (χ4v) is 3.85. The summed E-state index contributed by atoms with van der Waals surface area (Å²) in [6.07, 6.45) is 10.7. The Kier molecular flexibility index (Phi) is 11.7. The molecule has 0 aliphatic heterocycles. The first-order valence-electron chi connectivity index (χ1n) is 10.6. The number of unbranched alkanes of at least 4 members (excludes halogenated alkanes) is 5. The van der Waals surface area contributed by atoms with Crippen LogP contribution in [0.5, 0.6) is 0 Å². The van der Waals surface area contributed by atoms with Crippen molar-refractivity contribution < 1.29 is 29.3 Å². The van der Waals surface area contributed by atoms with E-state index in [1.807, 2.05) is 6.08 Å². The van der Waals surface area contributed by atoms with E-state index in [-0.39, 0.29) is 30.5 Å². The van der Waals surface area contributed by atoms with Gasteiger partial charge in [0.25, 0.3) is 0 Å². The number of aliphatic hydroxyl groups is 1. The number of ether oxygens (including phenoxy) is 1. The lowest BCUT2D eigenvalue weighted by Gasteiger charge is -2.21. The van der Waals surface area contributed by atoms with Gasteiger partial charge in [-0.1, -0.05) is 57.6 Å². The van der Waals surface area contributed by atoms with Gasteiger partial charge in [-0.05, 0) is 19.3 Å². The molecule has 1 saturated carbocycles. The van der Waals surface area contributed by atoms with Gasteiger partial charge in [-0.15, -0.1) is 0 Å². The van der Waals surface area contributed by atoms with Crippen molar-refractivity contribution in [2.24, 2.45) is 11.8 Å². The molecule has 6 heteroatoms. The zero-order valence-corrected chi connectivity index (χ0v) is 17.3. The SMILES string of the molecule is CCCCC[C@H](O)/C=C/[C@H]1[C@H](OC(C)=O)CC(=O)[C@@H]1CCCCCCC(=O)O. The molecule has 0 saturated heterocycles. The topological polar surface area (TPSA) is 101 Å². The van der Waals surface area contributed by atoms with E-state index >= 15 is 0 Å². The van der Waals surface area contributed by atoms with Crippen LogP contribution in [-0.2, 0) is 19.1 Å². The highest BCUT2D eigenvalue weighted by Crippen LogP contribution is 2.36. The molecule has 0 spiro atoms. The molecule has 28 heavy (non-hydrogen) atoms. The average Bonchev–Trinajstić information content (AvgIpc) is 2.90. The van der Waals surface area contributed by atoms with Gasteiger partial charge in [-0.3, -0.25) is 14.4 Å². The Morgan fingerprint density at radius 3 is 2.54 bits per heavy atom. The van der Waals surface area contributed by atoms with Crippen LogP contribution in [0.25, 0.3) is 0 Å². The zero-order valence-electron chi connectivity index (χ0n) is 17.3. The first-order valence-corrected chi connectivity index (χ1v) is 10.6. The fraction of sp³-hybridized carbons (Fsp3) is 0.773. The summed E-state index contributed by atoms with van der Waals surface area (Å²) in [6.45, 7) is 3.46. The fourth-order valence-electron chi connectivity index (χ4n) is 3.85. The molecule has 1 aliphatic rings. The molecule has 4 atom stereocenters. The summed E-state index contributed by atoms with van der Waals surface area (Å²) >= 11 is 0. The van der Waals surface area contributed by atoms with Gasteiger partial charge in [0, 0.05) is 31.6 Å². The van der Waals surface area contributed by atoms with E-state index in [4.69, 9.17) is 9.84 Å². The Morgan fingerprint density at radius 2 is 1.89 bits per heavy atom. The molecular formula is C22H36O6. The minimum Gasteiger partial charge on any atom is -0.481 e. The lowest BCUT2D eigenvalue weighted by atomic mass is 9.88. The van der Waals surface area contributed by atoms with Crippen LogP contribution in [0.2, 0.25) is 0 Å². The summed E-state index contributed by atoms with van der Waals surface area (Å²) in [5, 5.41) is 18.8. The number of hydrogen-bond donors (Lipinski definition) is 2. The highest BCUT2D eigenvalue weighted by molar-refractivity contribution is 5.85. The van der Waals surface area contributed by atoms with Crippen LogP contribution in [-0.4, -0.2) is 40.1 Å². The van der Waals surface area contributed by atoms with Crippen LogP contribution in [0.1, 0.15) is 84.5 Å². The quantitative estimate of drug-likeness (QED) is 0.261. The van der Waals surface area contributed by atoms with E-state index < -0.39 is 24.1 Å². The third-order valence-corrected chi connectivity index (χ3v) is 5.34. The van der Waals surface area contributed by atoms with Crippen molar-refractivity contribution in [1.29, 1.82) is 0 Å². The first kappa shape index (κ1) is 24.3. The summed E-state index contributed by atoms with van der Waals surface area (Å²) in [7, 11) is 0. The number of hydrogen-bond acceptors (Lipinski definition) is 5. The highest BCUT2D eigenvalue weighted by atomic mass is 16.5. The average molecular weight is 397 g/mol. The van der Waals surface area contributed by atoms with E-state index in [9.17, 15) is 19.5 Å². The van der Waals surface area contributed by atoms with Gasteiger partial charge in [0.05, 0.1) is 6.10 Å². The molecule has 0 unspecified atom stereocenters. The Morgan fingerprint density at radius 1 is 1.18 bits per heavy atom. The summed E-state index contributed by atoms with van der Waals surface area (Å²) in [5.74, 6) is -1.47. The molecule has 160 valence electrons. The van der Waals surface area contributed by atoms with Gasteiger partial charge in [0.15, 0.2) is 0 Å². The third kappa shape index (κ3) is 9.49. The van der Waals surface area contributed by atoms with Crippen LogP contribution in [0.3, 0.4) is 0 Å². The van der Waals surface area contributed by atoms with Crippen molar-refractivity contribution in [1.82, 2.24) is 0 Å². The second-order valence-corrected chi connectivity index (χ2v) is 7.80. The Hall–Kier alpha value is -1.69. The van der Waals surface area contributed by atoms with E-state index in [1.165, 1.54) is 6.92 Å². The predicted octanol–water partition coefficient (Wildman–Crippen LogP) is 4.05. The van der Waals surface area contributed by atoms with E-state index in [1.54, 1.807) is 6.08 Å². The van der Waals surface area contributed by atoms with Crippen LogP contribution in [0.15, 0.2) is 12.2 Å². The van der Waals surface area contributed by atoms with Crippen molar-refractivity contribution >= 4 is 17.7 Å². The summed E-state index contributed by atoms with van der Waals surface area (Å²) in [5.41, 5.74) is 0. The van der Waals surface area contributed by atoms with Gasteiger partial charge in [0.2, 0.25) is 0 Å². The number of carbonyl (C=O) groups excluding carboxylic acids is 2. The normalized spacial score (nSPS) is 23.2. The molecule has 0 radical (unpaired) electrons. The number of carbonyl (C=O) groups is 3. The zero-order chi connectivity index (χ0) is 20.9. The van der Waals surface area contributed by atoms with Gasteiger partial charge < -0.3 is 14.9 Å². The predicted molar refractivity (Wildman–Crippen MR) is 107 cm³/mol. The molecule has 0 heterocycles. The molecule has 2 N–H and O–H groups in total. The lowest BCUT2D eigenvalue weighted by Crippen LogP contribution is -2.23. The van der Waals surface area contributed by atoms with Crippen LogP contribution < -0.4 is 0 Å². The minimum atomic E-state index is -0.780. The summed E-state index contributed by atoms with van der Waals surface area (Å²) in [4.78, 5) is 34.4. The molecule has 1 rings (SSSR count). The standard InChI is InChI=1S/C22H36O6/c1-3-4-7-10-17(24)13-14-19-18(11-8-5-6-9-12-22(26)27)20(25)15-21(19)28-16(2)23/h13-14,17-19,21,24H,3-12,15H2,1-2H3,(H,26,27)/b14-13+/t17-,18+,19+,21+/m0/s1. The number of aliphatic carboxylic acids is 1. The molecule has 1 aliphatic carbocycles. The smallest absolute Gasteiger partial charge is 0.303 e. The molecular weight excluding hydrogens is 360 g/mol. The number of carboxylic acid groups (broad SMARTS) is 1. The summed E-state index contributed by atoms with van der Waals surface area (Å²) in [6, 6.07) is 0. The van der Waals surface area contributed by atoms with Crippen LogP contribution >= 0.6 is 0 Å². The van der Waals surface area contributed by atoms with Gasteiger partial charge in [-0.2, -0.15) is 0 Å². The maximum absolute atomic E-state index is 12.5. The number of esters is 1. The minimum absolute atomic E-state index is 0.104. The van der Waals surface area contributed by atoms with E-state index in [0.717, 1.165) is 38.5 Å². The second-order valence-electron chi connectivity index (χ2n) is 7.80. The summed E-state index contributed by atoms with van der Waals surface area (Å²) < 4.78 is 5.37. The number of rotatable bonds is 14. The number of ketones is 1. The number of Topliss-reactive ketones (excluding diaryl/α,β-unsaturated/α-hetero) is 1. The molecule has 1 fully saturated rings. The molecule has 0 amide bonds. The largest absolute Gasteiger partial charge is 0.481 e. The van der Waals surface area contributed by atoms with Crippen LogP contribution in [0.4, 0.5) is 0 Å². The van der Waals surface area contributed by atoms with Crippen LogP contribution in [0, 0.1) is 11.8 Å². The van der Waals surface area contributed by atoms with Gasteiger partial charge in [0.1, 0.15) is 11.9 Å². The van der Waals surface area contributed by atoms with Gasteiger partial charge >= 0.3 is 11.9 Å². The van der Waals surface area contributed by atoms with Crippen molar-refractivity contribution in [3.8, 4) is 0 Å². The Bertz CT molecular complexity index is 527. The number of aliphatic hydroxyl groups excluding tert-OH is 1. The van der Waals surface area contributed by atoms with Crippen molar-refractivity contribution in [3.63, 3.8) is 0 Å². The highest BCUT2D eigenvalue weighted by Gasteiger charge is 2.42. The molecule has 0 aromatic carbocycles. The third-order valence-electron chi connectivity index (χ3n) is 5.34. The monoisotopic (exact) mass is 396 g/mol.